The zero-order valence-corrected chi connectivity index (χ0v) is 21.6. The fourth-order valence-electron chi connectivity index (χ4n) is 3.75. The average molecular weight is 514 g/mol. The zero-order chi connectivity index (χ0) is 26.3. The van der Waals surface area contributed by atoms with Gasteiger partial charge in [-0.15, -0.1) is 0 Å². The van der Waals surface area contributed by atoms with Gasteiger partial charge in [-0.1, -0.05) is 43.3 Å². The molecule has 3 rings (SSSR count). The number of nitrogens with zero attached hydrogens (tertiary/aromatic N) is 1. The van der Waals surface area contributed by atoms with E-state index in [1.807, 2.05) is 19.1 Å². The van der Waals surface area contributed by atoms with Crippen LogP contribution in [0.1, 0.15) is 39.2 Å². The van der Waals surface area contributed by atoms with Gasteiger partial charge < -0.3 is 9.84 Å². The van der Waals surface area contributed by atoms with Gasteiger partial charge in [0.15, 0.2) is 5.60 Å². The Morgan fingerprint density at radius 1 is 0.972 bits per heavy atom. The van der Waals surface area contributed by atoms with E-state index in [9.17, 15) is 22.7 Å². The Morgan fingerprint density at radius 2 is 1.64 bits per heavy atom. The lowest BCUT2D eigenvalue weighted by Crippen LogP contribution is -2.37. The van der Waals surface area contributed by atoms with Gasteiger partial charge in [0, 0.05) is 13.1 Å². The van der Waals surface area contributed by atoms with Crippen LogP contribution in [0.3, 0.4) is 0 Å². The van der Waals surface area contributed by atoms with Crippen LogP contribution < -0.4 is 4.74 Å². The van der Waals surface area contributed by atoms with Gasteiger partial charge in [-0.25, -0.2) is 17.6 Å². The van der Waals surface area contributed by atoms with Gasteiger partial charge in [0.05, 0.1) is 4.90 Å². The molecule has 0 bridgehead atoms. The summed E-state index contributed by atoms with van der Waals surface area (Å²) in [5.74, 6) is -0.933. The minimum Gasteiger partial charge on any atom is -0.478 e. The van der Waals surface area contributed by atoms with E-state index in [4.69, 9.17) is 4.74 Å². The molecule has 0 spiro atoms. The monoisotopic (exact) mass is 513 g/mol. The summed E-state index contributed by atoms with van der Waals surface area (Å²) in [6.07, 6.45) is 1.97. The number of carbonyl (C=O) groups is 1. The summed E-state index contributed by atoms with van der Waals surface area (Å²) in [6, 6.07) is 19.8. The largest absolute Gasteiger partial charge is 0.478 e. The van der Waals surface area contributed by atoms with Crippen molar-refractivity contribution in [3.8, 4) is 16.9 Å². The number of ether oxygens (including phenoxy) is 1. The first kappa shape index (κ1) is 27.4. The van der Waals surface area contributed by atoms with Gasteiger partial charge in [-0.2, -0.15) is 4.31 Å². The van der Waals surface area contributed by atoms with E-state index in [1.54, 1.807) is 48.5 Å². The SMILES string of the molecule is CCCN(CCCc1ccc(OC(C)(C)C(=O)O)cc1)S(=O)(=O)c1cccc(-c2ccc(F)cc2)c1. The summed E-state index contributed by atoms with van der Waals surface area (Å²) < 4.78 is 47.2. The van der Waals surface area contributed by atoms with E-state index >= 15 is 0 Å². The standard InChI is InChI=1S/C28H32FNO5S/c1-4-18-30(19-6-7-21-10-16-25(17-11-21)35-28(2,3)27(31)32)36(33,34)26-9-5-8-23(20-26)22-12-14-24(29)15-13-22/h5,8-17,20H,4,6-7,18-19H2,1-3H3,(H,31,32). The second-order valence-electron chi connectivity index (χ2n) is 9.10. The molecule has 3 aromatic rings. The van der Waals surface area contributed by atoms with E-state index in [0.29, 0.717) is 43.7 Å². The molecule has 0 aliphatic carbocycles. The lowest BCUT2D eigenvalue weighted by atomic mass is 10.1. The number of sulfonamides is 1. The highest BCUT2D eigenvalue weighted by molar-refractivity contribution is 7.89. The van der Waals surface area contributed by atoms with Crippen LogP contribution in [0.15, 0.2) is 77.7 Å². The molecule has 192 valence electrons. The molecule has 1 N–H and O–H groups in total. The van der Waals surface area contributed by atoms with Crippen molar-refractivity contribution in [2.45, 2.75) is 50.5 Å². The van der Waals surface area contributed by atoms with E-state index in [0.717, 1.165) is 11.1 Å². The molecule has 8 heteroatoms. The highest BCUT2D eigenvalue weighted by atomic mass is 32.2. The van der Waals surface area contributed by atoms with Crippen molar-refractivity contribution in [2.24, 2.45) is 0 Å². The molecule has 0 aromatic heterocycles. The third-order valence-electron chi connectivity index (χ3n) is 5.81. The quantitative estimate of drug-likeness (QED) is 0.333. The molecule has 0 fully saturated rings. The number of aryl methyl sites for hydroxylation is 1. The lowest BCUT2D eigenvalue weighted by Gasteiger charge is -2.22. The zero-order valence-electron chi connectivity index (χ0n) is 20.8. The third-order valence-corrected chi connectivity index (χ3v) is 7.70. The molecule has 6 nitrogen and oxygen atoms in total. The molecule has 0 atom stereocenters. The van der Waals surface area contributed by atoms with Crippen LogP contribution in [0.2, 0.25) is 0 Å². The molecular weight excluding hydrogens is 481 g/mol. The van der Waals surface area contributed by atoms with Crippen LogP contribution in [0.4, 0.5) is 4.39 Å². The maximum atomic E-state index is 13.4. The van der Waals surface area contributed by atoms with Crippen LogP contribution in [0, 0.1) is 5.82 Å². The Kier molecular flexibility index (Phi) is 8.87. The second kappa shape index (κ2) is 11.7. The van der Waals surface area contributed by atoms with Crippen LogP contribution in [-0.4, -0.2) is 42.5 Å². The van der Waals surface area contributed by atoms with E-state index in [1.165, 1.54) is 30.3 Å². The Hall–Kier alpha value is -3.23. The molecule has 0 amide bonds. The maximum absolute atomic E-state index is 13.4. The smallest absolute Gasteiger partial charge is 0.347 e. The van der Waals surface area contributed by atoms with Crippen molar-refractivity contribution >= 4 is 16.0 Å². The number of carboxylic acids is 1. The van der Waals surface area contributed by atoms with E-state index < -0.39 is 21.6 Å². The Bertz CT molecular complexity index is 1270. The number of rotatable bonds is 12. The number of hydrogen-bond donors (Lipinski definition) is 1. The molecule has 36 heavy (non-hydrogen) atoms. The first-order chi connectivity index (χ1) is 17.0. The molecule has 0 saturated heterocycles. The fraction of sp³-hybridized carbons (Fsp3) is 0.321. The van der Waals surface area contributed by atoms with Gasteiger partial charge in [-0.3, -0.25) is 0 Å². The molecule has 0 aliphatic rings. The molecule has 0 radical (unpaired) electrons. The Balaban J connectivity index is 1.68. The third kappa shape index (κ3) is 6.92. The normalized spacial score (nSPS) is 12.0. The first-order valence-electron chi connectivity index (χ1n) is 11.9. The summed E-state index contributed by atoms with van der Waals surface area (Å²) >= 11 is 0. The number of hydrogen-bond acceptors (Lipinski definition) is 4. The van der Waals surface area contributed by atoms with E-state index in [2.05, 4.69) is 0 Å². The maximum Gasteiger partial charge on any atom is 0.347 e. The predicted molar refractivity (Wildman–Crippen MR) is 138 cm³/mol. The minimum atomic E-state index is -3.71. The highest BCUT2D eigenvalue weighted by Crippen LogP contribution is 2.25. The number of halogens is 1. The summed E-state index contributed by atoms with van der Waals surface area (Å²) in [5, 5.41) is 9.21. The van der Waals surface area contributed by atoms with E-state index in [-0.39, 0.29) is 10.7 Å². The van der Waals surface area contributed by atoms with Crippen LogP contribution in [0.25, 0.3) is 11.1 Å². The van der Waals surface area contributed by atoms with Crippen LogP contribution in [-0.2, 0) is 21.2 Å². The summed E-state index contributed by atoms with van der Waals surface area (Å²) in [7, 11) is -3.71. The minimum absolute atomic E-state index is 0.209. The van der Waals surface area contributed by atoms with Gasteiger partial charge in [0.1, 0.15) is 11.6 Å². The summed E-state index contributed by atoms with van der Waals surface area (Å²) in [4.78, 5) is 11.5. The highest BCUT2D eigenvalue weighted by Gasteiger charge is 2.29. The average Bonchev–Trinajstić information content (AvgIpc) is 2.85. The molecular formula is C28H32FNO5S. The number of aliphatic carboxylic acids is 1. The predicted octanol–water partition coefficient (Wildman–Crippen LogP) is 5.77. The van der Waals surface area contributed by atoms with Gasteiger partial charge in [-0.05, 0) is 86.2 Å². The first-order valence-corrected chi connectivity index (χ1v) is 13.3. The number of benzene rings is 3. The lowest BCUT2D eigenvalue weighted by molar-refractivity contribution is -0.152. The van der Waals surface area contributed by atoms with Gasteiger partial charge in [0.25, 0.3) is 0 Å². The topological polar surface area (TPSA) is 83.9 Å². The molecule has 0 saturated carbocycles. The van der Waals surface area contributed by atoms with Crippen molar-refractivity contribution in [1.29, 1.82) is 0 Å². The van der Waals surface area contributed by atoms with Crippen LogP contribution >= 0.6 is 0 Å². The summed E-state index contributed by atoms with van der Waals surface area (Å²) in [6.45, 7) is 5.68. The molecule has 3 aromatic carbocycles. The fourth-order valence-corrected chi connectivity index (χ4v) is 5.37. The van der Waals surface area contributed by atoms with Crippen molar-refractivity contribution < 1.29 is 27.4 Å². The molecule has 0 aliphatic heterocycles. The Labute approximate surface area is 212 Å². The summed E-state index contributed by atoms with van der Waals surface area (Å²) in [5.41, 5.74) is 1.13. The van der Waals surface area contributed by atoms with Crippen molar-refractivity contribution in [1.82, 2.24) is 4.31 Å². The van der Waals surface area contributed by atoms with Crippen molar-refractivity contribution in [3.05, 3.63) is 84.2 Å². The Morgan fingerprint density at radius 3 is 2.25 bits per heavy atom. The van der Waals surface area contributed by atoms with Crippen LogP contribution in [0.5, 0.6) is 5.75 Å². The van der Waals surface area contributed by atoms with Crippen molar-refractivity contribution in [3.63, 3.8) is 0 Å². The van der Waals surface area contributed by atoms with Gasteiger partial charge >= 0.3 is 5.97 Å². The van der Waals surface area contributed by atoms with Gasteiger partial charge in [0.2, 0.25) is 10.0 Å². The molecule has 0 unspecified atom stereocenters. The van der Waals surface area contributed by atoms with Crippen molar-refractivity contribution in [2.75, 3.05) is 13.1 Å². The molecule has 0 heterocycles. The second-order valence-corrected chi connectivity index (χ2v) is 11.0. The number of carboxylic acid groups (broad SMARTS) is 1.